The number of Topliss-reactive ketones (excluding diaryl/α,β-unsaturated/α-hetero) is 1. The lowest BCUT2D eigenvalue weighted by molar-refractivity contribution is 0.101. The van der Waals surface area contributed by atoms with Crippen LogP contribution in [0.4, 0.5) is 0 Å². The van der Waals surface area contributed by atoms with Crippen molar-refractivity contribution in [2.24, 2.45) is 0 Å². The molecule has 2 aromatic heterocycles. The molecule has 0 unspecified atom stereocenters. The van der Waals surface area contributed by atoms with E-state index in [9.17, 15) is 9.59 Å². The van der Waals surface area contributed by atoms with Gasteiger partial charge in [0.05, 0.1) is 16.9 Å². The van der Waals surface area contributed by atoms with Gasteiger partial charge in [0.1, 0.15) is 5.15 Å². The lowest BCUT2D eigenvalue weighted by atomic mass is 10.2. The Morgan fingerprint density at radius 1 is 1.10 bits per heavy atom. The van der Waals surface area contributed by atoms with Gasteiger partial charge in [-0.1, -0.05) is 29.8 Å². The van der Waals surface area contributed by atoms with E-state index in [4.69, 9.17) is 11.6 Å². The summed E-state index contributed by atoms with van der Waals surface area (Å²) < 4.78 is 2.75. The summed E-state index contributed by atoms with van der Waals surface area (Å²) in [6.07, 6.45) is 0. The van der Waals surface area contributed by atoms with Gasteiger partial charge in [0, 0.05) is 6.92 Å². The van der Waals surface area contributed by atoms with Crippen LogP contribution in [-0.4, -0.2) is 14.8 Å². The number of rotatable bonds is 2. The first-order chi connectivity index (χ1) is 9.59. The summed E-state index contributed by atoms with van der Waals surface area (Å²) in [5, 5.41) is 0.324. The average Bonchev–Trinajstić information content (AvgIpc) is 2.81. The molecule has 0 bridgehead atoms. The van der Waals surface area contributed by atoms with Gasteiger partial charge in [-0.15, -0.1) is 0 Å². The van der Waals surface area contributed by atoms with Gasteiger partial charge in [-0.2, -0.15) is 0 Å². The van der Waals surface area contributed by atoms with Crippen molar-refractivity contribution in [1.82, 2.24) is 8.97 Å². The van der Waals surface area contributed by atoms with Crippen LogP contribution in [0.2, 0.25) is 5.15 Å². The van der Waals surface area contributed by atoms with Crippen molar-refractivity contribution >= 4 is 22.9 Å². The van der Waals surface area contributed by atoms with Crippen molar-refractivity contribution < 1.29 is 4.79 Å². The summed E-state index contributed by atoms with van der Waals surface area (Å²) in [4.78, 5) is 24.5. The molecule has 0 aliphatic rings. The highest BCUT2D eigenvalue weighted by atomic mass is 35.5. The maximum Gasteiger partial charge on any atom is 0.339 e. The van der Waals surface area contributed by atoms with Gasteiger partial charge in [-0.25, -0.2) is 4.79 Å². The van der Waals surface area contributed by atoms with Crippen molar-refractivity contribution in [3.63, 3.8) is 0 Å². The Kier molecular flexibility index (Phi) is 2.95. The Bertz CT molecular complexity index is 863. The van der Waals surface area contributed by atoms with Gasteiger partial charge in [-0.3, -0.25) is 13.8 Å². The van der Waals surface area contributed by atoms with Gasteiger partial charge in [0.15, 0.2) is 5.78 Å². The van der Waals surface area contributed by atoms with E-state index in [1.54, 1.807) is 30.3 Å². The summed E-state index contributed by atoms with van der Waals surface area (Å²) in [7, 11) is 0. The van der Waals surface area contributed by atoms with Crippen LogP contribution in [0.3, 0.4) is 0 Å². The summed E-state index contributed by atoms with van der Waals surface area (Å²) in [6, 6.07) is 14.0. The number of hydrogen-bond donors (Lipinski definition) is 0. The highest BCUT2D eigenvalue weighted by Crippen LogP contribution is 2.17. The van der Waals surface area contributed by atoms with Crippen LogP contribution in [0.15, 0.2) is 53.3 Å². The number of hydrogen-bond acceptors (Lipinski definition) is 2. The third-order valence-electron chi connectivity index (χ3n) is 3.15. The van der Waals surface area contributed by atoms with Crippen molar-refractivity contribution in [3.8, 4) is 5.69 Å². The van der Waals surface area contributed by atoms with Crippen LogP contribution in [0.1, 0.15) is 17.4 Å². The second-order valence-electron chi connectivity index (χ2n) is 4.46. The van der Waals surface area contributed by atoms with Crippen LogP contribution in [-0.2, 0) is 0 Å². The molecule has 0 saturated heterocycles. The second-order valence-corrected chi connectivity index (χ2v) is 4.84. The topological polar surface area (TPSA) is 43.5 Å². The zero-order chi connectivity index (χ0) is 14.3. The molecule has 3 rings (SSSR count). The van der Waals surface area contributed by atoms with E-state index in [-0.39, 0.29) is 11.5 Å². The Morgan fingerprint density at radius 3 is 2.45 bits per heavy atom. The van der Waals surface area contributed by atoms with Crippen LogP contribution < -0.4 is 5.69 Å². The number of carbonyl (C=O) groups is 1. The fourth-order valence-electron chi connectivity index (χ4n) is 2.23. The third-order valence-corrected chi connectivity index (χ3v) is 3.44. The second kappa shape index (κ2) is 4.65. The highest BCUT2D eigenvalue weighted by molar-refractivity contribution is 6.30. The SMILES string of the molecule is CC(=O)c1cc2ccc(Cl)n2c(=O)n1-c1ccccc1. The fraction of sp³-hybridized carbons (Fsp3) is 0.0667. The van der Waals surface area contributed by atoms with Crippen LogP contribution in [0, 0.1) is 0 Å². The molecule has 20 heavy (non-hydrogen) atoms. The first-order valence-electron chi connectivity index (χ1n) is 6.09. The van der Waals surface area contributed by atoms with Crippen molar-refractivity contribution in [3.05, 3.63) is 69.9 Å². The van der Waals surface area contributed by atoms with E-state index in [1.165, 1.54) is 15.9 Å². The maximum absolute atomic E-state index is 12.6. The molecule has 0 aliphatic carbocycles. The zero-order valence-electron chi connectivity index (χ0n) is 10.7. The Balaban J connectivity index is 2.48. The minimum atomic E-state index is -0.353. The molecular weight excluding hydrogens is 276 g/mol. The molecule has 100 valence electrons. The fourth-order valence-corrected chi connectivity index (χ4v) is 2.47. The van der Waals surface area contributed by atoms with E-state index in [0.717, 1.165) is 0 Å². The minimum absolute atomic E-state index is 0.175. The predicted molar refractivity (Wildman–Crippen MR) is 78.0 cm³/mol. The quantitative estimate of drug-likeness (QED) is 0.680. The number of halogens is 1. The molecular formula is C15H11ClN2O2. The summed E-state index contributed by atoms with van der Waals surface area (Å²) >= 11 is 6.03. The number of aromatic nitrogens is 2. The molecule has 0 aliphatic heterocycles. The van der Waals surface area contributed by atoms with E-state index >= 15 is 0 Å². The molecule has 0 spiro atoms. The van der Waals surface area contributed by atoms with E-state index < -0.39 is 0 Å². The molecule has 1 aromatic carbocycles. The van der Waals surface area contributed by atoms with Crippen molar-refractivity contribution in [2.75, 3.05) is 0 Å². The van der Waals surface area contributed by atoms with Gasteiger partial charge in [-0.05, 0) is 30.3 Å². The van der Waals surface area contributed by atoms with E-state index in [2.05, 4.69) is 0 Å². The minimum Gasteiger partial charge on any atom is -0.293 e. The van der Waals surface area contributed by atoms with Crippen LogP contribution in [0.25, 0.3) is 11.2 Å². The zero-order valence-corrected chi connectivity index (χ0v) is 11.5. The average molecular weight is 287 g/mol. The molecule has 2 heterocycles. The number of benzene rings is 1. The highest BCUT2D eigenvalue weighted by Gasteiger charge is 2.15. The standard InChI is InChI=1S/C15H11ClN2O2/c1-10(19)13-9-12-7-8-14(16)18(12)15(20)17(13)11-5-3-2-4-6-11/h2-9H,1H3. The summed E-state index contributed by atoms with van der Waals surface area (Å²) in [5.41, 5.74) is 1.23. The molecule has 0 saturated carbocycles. The molecule has 0 N–H and O–H groups in total. The lowest BCUT2D eigenvalue weighted by Crippen LogP contribution is -2.29. The normalized spacial score (nSPS) is 10.9. The monoisotopic (exact) mass is 286 g/mol. The molecule has 0 fully saturated rings. The van der Waals surface area contributed by atoms with E-state index in [0.29, 0.717) is 22.1 Å². The Morgan fingerprint density at radius 2 is 1.80 bits per heavy atom. The van der Waals surface area contributed by atoms with Crippen molar-refractivity contribution in [2.45, 2.75) is 6.92 Å². The molecule has 5 heteroatoms. The molecule has 0 radical (unpaired) electrons. The number of ketones is 1. The molecule has 3 aromatic rings. The van der Waals surface area contributed by atoms with Crippen LogP contribution >= 0.6 is 11.6 Å². The number of para-hydroxylation sites is 1. The smallest absolute Gasteiger partial charge is 0.293 e. The van der Waals surface area contributed by atoms with E-state index in [1.807, 2.05) is 18.2 Å². The molecule has 4 nitrogen and oxygen atoms in total. The molecule has 0 atom stereocenters. The van der Waals surface area contributed by atoms with Gasteiger partial charge in [0.25, 0.3) is 0 Å². The lowest BCUT2D eigenvalue weighted by Gasteiger charge is -2.12. The van der Waals surface area contributed by atoms with Gasteiger partial charge >= 0.3 is 5.69 Å². The third kappa shape index (κ3) is 1.85. The van der Waals surface area contributed by atoms with Crippen molar-refractivity contribution in [1.29, 1.82) is 0 Å². The summed E-state index contributed by atoms with van der Waals surface area (Å²) in [5.74, 6) is -0.175. The summed E-state index contributed by atoms with van der Waals surface area (Å²) in [6.45, 7) is 1.44. The molecule has 0 amide bonds. The maximum atomic E-state index is 12.6. The number of fused-ring (bicyclic) bond motifs is 1. The Labute approximate surface area is 119 Å². The number of nitrogens with zero attached hydrogens (tertiary/aromatic N) is 2. The number of carbonyl (C=O) groups excluding carboxylic acids is 1. The van der Waals surface area contributed by atoms with Gasteiger partial charge < -0.3 is 0 Å². The van der Waals surface area contributed by atoms with Crippen LogP contribution in [0.5, 0.6) is 0 Å². The predicted octanol–water partition coefficient (Wildman–Crippen LogP) is 2.95. The first-order valence-corrected chi connectivity index (χ1v) is 6.47. The van der Waals surface area contributed by atoms with Gasteiger partial charge in [0.2, 0.25) is 0 Å². The Hall–Kier alpha value is -2.33. The largest absolute Gasteiger partial charge is 0.339 e. The first kappa shape index (κ1) is 12.7.